The highest BCUT2D eigenvalue weighted by Gasteiger charge is 2.27. The summed E-state index contributed by atoms with van der Waals surface area (Å²) in [6.45, 7) is 9.34. The molecule has 3 heterocycles. The topological polar surface area (TPSA) is 83.7 Å². The molecular formula is C22H31N5O3. The van der Waals surface area contributed by atoms with Crippen LogP contribution in [0.25, 0.3) is 11.4 Å². The minimum absolute atomic E-state index is 0.0163. The first kappa shape index (κ1) is 21.0. The van der Waals surface area contributed by atoms with Crippen molar-refractivity contribution in [2.24, 2.45) is 5.92 Å². The van der Waals surface area contributed by atoms with Crippen LogP contribution in [0.1, 0.15) is 24.3 Å². The number of likely N-dealkylation sites (tertiary alicyclic amines) is 1. The Kier molecular flexibility index (Phi) is 7.09. The van der Waals surface area contributed by atoms with Gasteiger partial charge in [0, 0.05) is 38.3 Å². The van der Waals surface area contributed by atoms with Crippen molar-refractivity contribution in [3.63, 3.8) is 0 Å². The van der Waals surface area contributed by atoms with Crippen LogP contribution in [-0.2, 0) is 16.1 Å². The second kappa shape index (κ2) is 10.1. The van der Waals surface area contributed by atoms with E-state index < -0.39 is 0 Å². The van der Waals surface area contributed by atoms with Crippen LogP contribution in [0.2, 0.25) is 0 Å². The van der Waals surface area contributed by atoms with Gasteiger partial charge in [0.05, 0.1) is 25.7 Å². The number of rotatable bonds is 7. The van der Waals surface area contributed by atoms with Gasteiger partial charge in [0.15, 0.2) is 0 Å². The predicted octanol–water partition coefficient (Wildman–Crippen LogP) is 1.71. The lowest BCUT2D eigenvalue weighted by Crippen LogP contribution is -2.45. The molecule has 2 fully saturated rings. The zero-order valence-electron chi connectivity index (χ0n) is 17.7. The van der Waals surface area contributed by atoms with Gasteiger partial charge in [0.2, 0.25) is 17.6 Å². The minimum atomic E-state index is 0.0163. The van der Waals surface area contributed by atoms with Gasteiger partial charge in [-0.3, -0.25) is 14.6 Å². The van der Waals surface area contributed by atoms with Gasteiger partial charge in [-0.25, -0.2) is 0 Å². The standard InChI is InChI=1S/C22H31N5O3/c1-17-4-2-5-18(14-17)21-24-20(30-25-21)16-27-8-3-6-19(15-27)22(28)23-7-9-26-10-12-29-13-11-26/h2,4-5,14,19H,3,6-13,15-16H2,1H3,(H,23,28). The molecular weight excluding hydrogens is 382 g/mol. The maximum Gasteiger partial charge on any atom is 0.241 e. The van der Waals surface area contributed by atoms with Gasteiger partial charge in [0.25, 0.3) is 0 Å². The molecule has 0 spiro atoms. The molecule has 0 radical (unpaired) electrons. The first-order valence-electron chi connectivity index (χ1n) is 10.9. The number of nitrogens with zero attached hydrogens (tertiary/aromatic N) is 4. The number of ether oxygens (including phenoxy) is 1. The number of amides is 1. The first-order valence-corrected chi connectivity index (χ1v) is 10.9. The van der Waals surface area contributed by atoms with E-state index in [1.54, 1.807) is 0 Å². The molecule has 4 rings (SSSR count). The van der Waals surface area contributed by atoms with Crippen LogP contribution in [0, 0.1) is 12.8 Å². The van der Waals surface area contributed by atoms with Crippen LogP contribution in [0.15, 0.2) is 28.8 Å². The van der Waals surface area contributed by atoms with E-state index in [0.29, 0.717) is 24.8 Å². The Morgan fingerprint density at radius 3 is 2.93 bits per heavy atom. The second-order valence-electron chi connectivity index (χ2n) is 8.20. The average molecular weight is 414 g/mol. The van der Waals surface area contributed by atoms with E-state index in [-0.39, 0.29) is 11.8 Å². The number of aryl methyl sites for hydroxylation is 1. The van der Waals surface area contributed by atoms with Crippen molar-refractivity contribution in [2.75, 3.05) is 52.5 Å². The Balaban J connectivity index is 1.25. The number of nitrogens with one attached hydrogen (secondary N) is 1. The van der Waals surface area contributed by atoms with Crippen LogP contribution in [0.4, 0.5) is 0 Å². The van der Waals surface area contributed by atoms with Crippen LogP contribution in [0.3, 0.4) is 0 Å². The van der Waals surface area contributed by atoms with Crippen molar-refractivity contribution in [1.29, 1.82) is 0 Å². The maximum absolute atomic E-state index is 12.6. The molecule has 1 atom stereocenters. The fraction of sp³-hybridized carbons (Fsp3) is 0.591. The quantitative estimate of drug-likeness (QED) is 0.740. The lowest BCUT2D eigenvalue weighted by molar-refractivity contribution is -0.126. The van der Waals surface area contributed by atoms with Crippen LogP contribution >= 0.6 is 0 Å². The molecule has 2 aliphatic rings. The Hall–Kier alpha value is -2.29. The van der Waals surface area contributed by atoms with Crippen molar-refractivity contribution in [2.45, 2.75) is 26.3 Å². The fourth-order valence-corrected chi connectivity index (χ4v) is 4.13. The van der Waals surface area contributed by atoms with Crippen molar-refractivity contribution in [1.82, 2.24) is 25.3 Å². The van der Waals surface area contributed by atoms with Gasteiger partial charge in [0.1, 0.15) is 0 Å². The monoisotopic (exact) mass is 413 g/mol. The number of carbonyl (C=O) groups excluding carboxylic acids is 1. The summed E-state index contributed by atoms with van der Waals surface area (Å²) in [7, 11) is 0. The summed E-state index contributed by atoms with van der Waals surface area (Å²) in [5, 5.41) is 7.24. The smallest absolute Gasteiger partial charge is 0.241 e. The van der Waals surface area contributed by atoms with Gasteiger partial charge in [-0.15, -0.1) is 0 Å². The van der Waals surface area contributed by atoms with Gasteiger partial charge in [-0.1, -0.05) is 28.9 Å². The third kappa shape index (κ3) is 5.65. The normalized spacial score (nSPS) is 20.9. The number of morpholine rings is 1. The third-order valence-corrected chi connectivity index (χ3v) is 5.81. The van der Waals surface area contributed by atoms with Crippen LogP contribution in [0.5, 0.6) is 0 Å². The van der Waals surface area contributed by atoms with E-state index in [4.69, 9.17) is 9.26 Å². The Labute approximate surface area is 177 Å². The molecule has 8 heteroatoms. The molecule has 0 bridgehead atoms. The van der Waals surface area contributed by atoms with Gasteiger partial charge in [-0.05, 0) is 32.4 Å². The zero-order valence-corrected chi connectivity index (χ0v) is 17.7. The number of carbonyl (C=O) groups is 1. The highest BCUT2D eigenvalue weighted by molar-refractivity contribution is 5.78. The molecule has 8 nitrogen and oxygen atoms in total. The predicted molar refractivity (Wildman–Crippen MR) is 113 cm³/mol. The summed E-state index contributed by atoms with van der Waals surface area (Å²) in [4.78, 5) is 21.7. The number of hydrogen-bond acceptors (Lipinski definition) is 7. The summed E-state index contributed by atoms with van der Waals surface area (Å²) in [5.41, 5.74) is 2.12. The highest BCUT2D eigenvalue weighted by Crippen LogP contribution is 2.21. The number of piperidine rings is 1. The Bertz CT molecular complexity index is 834. The first-order chi connectivity index (χ1) is 14.7. The molecule has 162 valence electrons. The van der Waals surface area contributed by atoms with Crippen LogP contribution < -0.4 is 5.32 Å². The van der Waals surface area contributed by atoms with Gasteiger partial charge < -0.3 is 14.6 Å². The zero-order chi connectivity index (χ0) is 20.8. The van der Waals surface area contributed by atoms with Crippen molar-refractivity contribution in [3.8, 4) is 11.4 Å². The Morgan fingerprint density at radius 2 is 2.10 bits per heavy atom. The van der Waals surface area contributed by atoms with E-state index in [9.17, 15) is 4.79 Å². The number of aromatic nitrogens is 2. The number of hydrogen-bond donors (Lipinski definition) is 1. The molecule has 2 saturated heterocycles. The molecule has 1 N–H and O–H groups in total. The molecule has 1 aromatic carbocycles. The summed E-state index contributed by atoms with van der Waals surface area (Å²) in [5.74, 6) is 1.38. The van der Waals surface area contributed by atoms with Gasteiger partial charge >= 0.3 is 0 Å². The molecule has 1 aromatic heterocycles. The molecule has 0 aliphatic carbocycles. The summed E-state index contributed by atoms with van der Waals surface area (Å²) >= 11 is 0. The lowest BCUT2D eigenvalue weighted by Gasteiger charge is -2.31. The van der Waals surface area contributed by atoms with E-state index in [2.05, 4.69) is 25.3 Å². The maximum atomic E-state index is 12.6. The van der Waals surface area contributed by atoms with Crippen molar-refractivity contribution >= 4 is 5.91 Å². The van der Waals surface area contributed by atoms with E-state index in [1.165, 1.54) is 0 Å². The lowest BCUT2D eigenvalue weighted by atomic mass is 9.97. The molecule has 0 saturated carbocycles. The minimum Gasteiger partial charge on any atom is -0.379 e. The second-order valence-corrected chi connectivity index (χ2v) is 8.20. The van der Waals surface area contributed by atoms with Crippen molar-refractivity contribution in [3.05, 3.63) is 35.7 Å². The average Bonchev–Trinajstić information content (AvgIpc) is 3.23. The molecule has 2 aliphatic heterocycles. The SMILES string of the molecule is Cc1cccc(-c2noc(CN3CCCC(C(=O)NCCN4CCOCC4)C3)n2)c1. The molecule has 30 heavy (non-hydrogen) atoms. The van der Waals surface area contributed by atoms with E-state index in [0.717, 1.165) is 69.9 Å². The summed E-state index contributed by atoms with van der Waals surface area (Å²) < 4.78 is 10.8. The highest BCUT2D eigenvalue weighted by atomic mass is 16.5. The van der Waals surface area contributed by atoms with Gasteiger partial charge in [-0.2, -0.15) is 4.98 Å². The Morgan fingerprint density at radius 1 is 1.23 bits per heavy atom. The summed E-state index contributed by atoms with van der Waals surface area (Å²) in [6.07, 6.45) is 1.93. The summed E-state index contributed by atoms with van der Waals surface area (Å²) in [6, 6.07) is 8.07. The van der Waals surface area contributed by atoms with E-state index in [1.807, 2.05) is 31.2 Å². The fourth-order valence-electron chi connectivity index (χ4n) is 4.13. The molecule has 2 aromatic rings. The molecule has 1 amide bonds. The van der Waals surface area contributed by atoms with Crippen LogP contribution in [-0.4, -0.2) is 78.3 Å². The van der Waals surface area contributed by atoms with E-state index >= 15 is 0 Å². The number of benzene rings is 1. The molecule has 1 unspecified atom stereocenters. The largest absolute Gasteiger partial charge is 0.379 e. The van der Waals surface area contributed by atoms with Crippen molar-refractivity contribution < 1.29 is 14.1 Å². The third-order valence-electron chi connectivity index (χ3n) is 5.81.